The van der Waals surface area contributed by atoms with Gasteiger partial charge >= 0.3 is 0 Å². The van der Waals surface area contributed by atoms with Crippen LogP contribution in [0.1, 0.15) is 39.5 Å². The Morgan fingerprint density at radius 2 is 1.81 bits per heavy atom. The Morgan fingerprint density at radius 3 is 2.42 bits per heavy atom. The normalized spacial score (nSPS) is 56.1. The molecule has 0 aromatic heterocycles. The second-order valence-corrected chi connectivity index (χ2v) is 9.33. The Morgan fingerprint density at radius 1 is 1.15 bits per heavy atom. The fourth-order valence-corrected chi connectivity index (χ4v) is 7.11. The number of carbonyl (C=O) groups is 3. The predicted molar refractivity (Wildman–Crippen MR) is 90.8 cm³/mol. The van der Waals surface area contributed by atoms with Crippen molar-refractivity contribution in [3.8, 4) is 0 Å². The third kappa shape index (κ3) is 1.67. The van der Waals surface area contributed by atoms with E-state index in [0.29, 0.717) is 19.3 Å². The summed E-state index contributed by atoms with van der Waals surface area (Å²) in [6.07, 6.45) is -1.03. The maximum Gasteiger partial charge on any atom is 0.170 e. The van der Waals surface area contributed by atoms with E-state index >= 15 is 0 Å². The van der Waals surface area contributed by atoms with Crippen molar-refractivity contribution in [1.82, 2.24) is 0 Å². The molecule has 0 aromatic rings. The Kier molecular flexibility index (Phi) is 3.55. The van der Waals surface area contributed by atoms with Gasteiger partial charge in [-0.1, -0.05) is 26.8 Å². The molecular weight excluding hydrogens is 336 g/mol. The molecule has 26 heavy (non-hydrogen) atoms. The minimum atomic E-state index is -1.65. The zero-order chi connectivity index (χ0) is 19.2. The number of ketones is 2. The van der Waals surface area contributed by atoms with Crippen molar-refractivity contribution in [2.24, 2.45) is 34.0 Å². The van der Waals surface area contributed by atoms with Gasteiger partial charge in [-0.25, -0.2) is 0 Å². The van der Waals surface area contributed by atoms with Gasteiger partial charge in [-0.2, -0.15) is 0 Å². The van der Waals surface area contributed by atoms with Crippen LogP contribution in [0.3, 0.4) is 0 Å². The van der Waals surface area contributed by atoms with E-state index in [2.05, 4.69) is 6.58 Å². The van der Waals surface area contributed by atoms with Crippen molar-refractivity contribution in [2.45, 2.75) is 57.8 Å². The summed E-state index contributed by atoms with van der Waals surface area (Å²) in [5, 5.41) is 32.6. The summed E-state index contributed by atoms with van der Waals surface area (Å²) in [7, 11) is 0. The first-order valence-electron chi connectivity index (χ1n) is 9.35. The molecule has 6 nitrogen and oxygen atoms in total. The quantitative estimate of drug-likeness (QED) is 0.461. The van der Waals surface area contributed by atoms with Crippen molar-refractivity contribution < 1.29 is 29.7 Å². The topological polar surface area (TPSA) is 112 Å². The number of carbonyl (C=O) groups excluding carboxylic acids is 3. The van der Waals surface area contributed by atoms with Crippen LogP contribution in [-0.4, -0.2) is 51.5 Å². The molecular formula is C20H26O6. The second-order valence-electron chi connectivity index (χ2n) is 9.33. The number of aldehydes is 1. The summed E-state index contributed by atoms with van der Waals surface area (Å²) in [6.45, 7) is 7.43. The van der Waals surface area contributed by atoms with E-state index < -0.39 is 58.0 Å². The summed E-state index contributed by atoms with van der Waals surface area (Å²) in [6, 6.07) is 0. The summed E-state index contributed by atoms with van der Waals surface area (Å²) in [5.74, 6) is -3.38. The van der Waals surface area contributed by atoms with E-state index in [-0.39, 0.29) is 17.9 Å². The van der Waals surface area contributed by atoms with Crippen molar-refractivity contribution in [3.63, 3.8) is 0 Å². The smallest absolute Gasteiger partial charge is 0.170 e. The lowest BCUT2D eigenvalue weighted by molar-refractivity contribution is -0.228. The SMILES string of the molecule is C=C1C(=O)[C@@]23[C@H](O)C[C@H]4[C@@](C)(CCC[C@]4(C)C=O)[C@@H]2C(=O)[C@H](O)[C@@H]1[C@H]3O. The van der Waals surface area contributed by atoms with Gasteiger partial charge < -0.3 is 20.1 Å². The van der Waals surface area contributed by atoms with Crippen molar-refractivity contribution in [1.29, 1.82) is 0 Å². The standard InChI is InChI=1S/C20H26O6/c1-9-12-13(23)14(24)15-19(3)6-4-5-18(2,8-21)10(19)7-11(22)20(15,16(9)25)17(12)26/h8,10-13,15,17,22-23,26H,1,4-7H2,2-3H3/t10-,11-,12-,13-,15+,17-,18-,19-,20-/m1/s1. The Bertz CT molecular complexity index is 730. The summed E-state index contributed by atoms with van der Waals surface area (Å²) in [5.41, 5.74) is -3.08. The van der Waals surface area contributed by atoms with Gasteiger partial charge in [0.25, 0.3) is 0 Å². The molecule has 0 amide bonds. The Hall–Kier alpha value is -1.37. The van der Waals surface area contributed by atoms with Crippen LogP contribution >= 0.6 is 0 Å². The highest BCUT2D eigenvalue weighted by molar-refractivity contribution is 6.11. The second kappa shape index (κ2) is 5.12. The molecule has 0 radical (unpaired) electrons. The van der Waals surface area contributed by atoms with Crippen LogP contribution in [0.15, 0.2) is 12.2 Å². The third-order valence-electron chi connectivity index (χ3n) is 8.27. The molecule has 142 valence electrons. The first-order valence-corrected chi connectivity index (χ1v) is 9.35. The van der Waals surface area contributed by atoms with Gasteiger partial charge in [-0.15, -0.1) is 0 Å². The first kappa shape index (κ1) is 18.0. The van der Waals surface area contributed by atoms with Gasteiger partial charge in [0.2, 0.25) is 0 Å². The van der Waals surface area contributed by atoms with Crippen molar-refractivity contribution in [2.75, 3.05) is 0 Å². The highest BCUT2D eigenvalue weighted by Gasteiger charge is 2.78. The molecule has 3 N–H and O–H groups in total. The lowest BCUT2D eigenvalue weighted by Gasteiger charge is -2.64. The zero-order valence-electron chi connectivity index (χ0n) is 15.1. The third-order valence-corrected chi connectivity index (χ3v) is 8.27. The first-order chi connectivity index (χ1) is 12.1. The fourth-order valence-electron chi connectivity index (χ4n) is 7.11. The van der Waals surface area contributed by atoms with Gasteiger partial charge in [0.15, 0.2) is 11.6 Å². The van der Waals surface area contributed by atoms with E-state index in [9.17, 15) is 29.7 Å². The molecule has 4 saturated carbocycles. The van der Waals surface area contributed by atoms with Gasteiger partial charge in [0, 0.05) is 17.3 Å². The highest BCUT2D eigenvalue weighted by atomic mass is 16.3. The van der Waals surface area contributed by atoms with Crippen LogP contribution in [-0.2, 0) is 14.4 Å². The molecule has 0 unspecified atom stereocenters. The van der Waals surface area contributed by atoms with E-state index in [1.54, 1.807) is 0 Å². The molecule has 6 heteroatoms. The minimum Gasteiger partial charge on any atom is -0.392 e. The monoisotopic (exact) mass is 362 g/mol. The maximum absolute atomic E-state index is 13.2. The lowest BCUT2D eigenvalue weighted by atomic mass is 9.39. The molecule has 4 rings (SSSR count). The molecule has 0 aliphatic heterocycles. The molecule has 0 heterocycles. The van der Waals surface area contributed by atoms with Crippen LogP contribution in [0.5, 0.6) is 0 Å². The molecule has 4 aliphatic carbocycles. The molecule has 9 atom stereocenters. The van der Waals surface area contributed by atoms with Crippen LogP contribution < -0.4 is 0 Å². The number of aliphatic hydroxyl groups is 3. The zero-order valence-corrected chi connectivity index (χ0v) is 15.1. The number of hydrogen-bond acceptors (Lipinski definition) is 6. The molecule has 2 bridgehead atoms. The van der Waals surface area contributed by atoms with Gasteiger partial charge in [-0.05, 0) is 36.2 Å². The minimum absolute atomic E-state index is 0.0240. The van der Waals surface area contributed by atoms with E-state index in [1.807, 2.05) is 13.8 Å². The fraction of sp³-hybridized carbons (Fsp3) is 0.750. The number of Topliss-reactive ketones (excluding diaryl/α,β-unsaturated/α-hetero) is 2. The number of fused-ring (bicyclic) bond motifs is 3. The van der Waals surface area contributed by atoms with Gasteiger partial charge in [0.1, 0.15) is 12.4 Å². The predicted octanol–water partition coefficient (Wildman–Crippen LogP) is 0.425. The molecule has 0 aromatic carbocycles. The number of hydrogen-bond donors (Lipinski definition) is 3. The van der Waals surface area contributed by atoms with Crippen LogP contribution in [0.25, 0.3) is 0 Å². The van der Waals surface area contributed by atoms with Crippen molar-refractivity contribution in [3.05, 3.63) is 12.2 Å². The van der Waals surface area contributed by atoms with Crippen molar-refractivity contribution >= 4 is 17.9 Å². The summed E-state index contributed by atoms with van der Waals surface area (Å²) < 4.78 is 0. The summed E-state index contributed by atoms with van der Waals surface area (Å²) in [4.78, 5) is 38.2. The largest absolute Gasteiger partial charge is 0.392 e. The molecule has 0 saturated heterocycles. The van der Waals surface area contributed by atoms with Crippen LogP contribution in [0.2, 0.25) is 0 Å². The van der Waals surface area contributed by atoms with E-state index in [0.717, 1.165) is 6.29 Å². The van der Waals surface area contributed by atoms with Gasteiger partial charge in [0.05, 0.1) is 17.6 Å². The highest BCUT2D eigenvalue weighted by Crippen LogP contribution is 2.69. The average Bonchev–Trinajstić information content (AvgIpc) is 2.74. The molecule has 4 aliphatic rings. The maximum atomic E-state index is 13.2. The number of rotatable bonds is 1. The lowest BCUT2D eigenvalue weighted by Crippen LogP contribution is -2.71. The van der Waals surface area contributed by atoms with E-state index in [4.69, 9.17) is 0 Å². The Labute approximate surface area is 152 Å². The molecule has 1 spiro atoms. The summed E-state index contributed by atoms with van der Waals surface area (Å²) >= 11 is 0. The average molecular weight is 362 g/mol. The number of aliphatic hydroxyl groups excluding tert-OH is 3. The van der Waals surface area contributed by atoms with Gasteiger partial charge in [-0.3, -0.25) is 9.59 Å². The molecule has 4 fully saturated rings. The van der Waals surface area contributed by atoms with Crippen LogP contribution in [0, 0.1) is 34.0 Å². The van der Waals surface area contributed by atoms with E-state index in [1.165, 1.54) is 0 Å². The Balaban J connectivity index is 1.96. The van der Waals surface area contributed by atoms with Crippen LogP contribution in [0.4, 0.5) is 0 Å².